The van der Waals surface area contributed by atoms with E-state index in [0.29, 0.717) is 5.15 Å². The molecule has 0 saturated heterocycles. The molecule has 0 aliphatic rings. The van der Waals surface area contributed by atoms with E-state index in [9.17, 15) is 0 Å². The number of nitrogens with one attached hydrogen (secondary N) is 1. The summed E-state index contributed by atoms with van der Waals surface area (Å²) < 4.78 is 2.00. The molecular formula is C8H9ClN4S. The van der Waals surface area contributed by atoms with Gasteiger partial charge in [0, 0.05) is 30.9 Å². The van der Waals surface area contributed by atoms with Crippen molar-refractivity contribution in [3.05, 3.63) is 29.3 Å². The Hall–Kier alpha value is -1.07. The molecule has 0 aromatic carbocycles. The Labute approximate surface area is 90.6 Å². The third-order valence-corrected chi connectivity index (χ3v) is 2.80. The van der Waals surface area contributed by atoms with Crippen molar-refractivity contribution in [2.45, 2.75) is 6.54 Å². The predicted molar refractivity (Wildman–Crippen MR) is 57.8 cm³/mol. The van der Waals surface area contributed by atoms with E-state index in [1.54, 1.807) is 17.9 Å². The van der Waals surface area contributed by atoms with E-state index in [1.807, 2.05) is 10.8 Å². The van der Waals surface area contributed by atoms with Crippen molar-refractivity contribution >= 4 is 28.1 Å². The van der Waals surface area contributed by atoms with Crippen molar-refractivity contribution in [1.29, 1.82) is 0 Å². The lowest BCUT2D eigenvalue weighted by Gasteiger charge is -2.02. The highest BCUT2D eigenvalue weighted by molar-refractivity contribution is 7.14. The van der Waals surface area contributed by atoms with E-state index in [0.717, 1.165) is 18.2 Å². The summed E-state index contributed by atoms with van der Waals surface area (Å²) in [6.45, 7) is 1.69. The normalized spacial score (nSPS) is 10.4. The van der Waals surface area contributed by atoms with Crippen molar-refractivity contribution in [2.24, 2.45) is 0 Å². The van der Waals surface area contributed by atoms with Gasteiger partial charge in [-0.1, -0.05) is 11.6 Å². The lowest BCUT2D eigenvalue weighted by molar-refractivity contribution is 0.726. The summed E-state index contributed by atoms with van der Waals surface area (Å²) in [5.74, 6) is 0. The number of thiazole rings is 1. The van der Waals surface area contributed by atoms with Crippen LogP contribution in [0.4, 0.5) is 5.13 Å². The van der Waals surface area contributed by atoms with E-state index < -0.39 is 0 Å². The Morgan fingerprint density at radius 1 is 1.57 bits per heavy atom. The molecule has 0 bridgehead atoms. The molecule has 0 radical (unpaired) electrons. The molecule has 2 aromatic heterocycles. The van der Waals surface area contributed by atoms with Gasteiger partial charge in [0.25, 0.3) is 0 Å². The Morgan fingerprint density at radius 3 is 3.14 bits per heavy atom. The molecule has 14 heavy (non-hydrogen) atoms. The van der Waals surface area contributed by atoms with Crippen LogP contribution < -0.4 is 5.32 Å². The second-order valence-corrected chi connectivity index (χ2v) is 3.95. The van der Waals surface area contributed by atoms with E-state index in [1.165, 1.54) is 11.3 Å². The fraction of sp³-hybridized carbons (Fsp3) is 0.250. The summed E-state index contributed by atoms with van der Waals surface area (Å²) >= 11 is 7.19. The maximum Gasteiger partial charge on any atom is 0.184 e. The molecule has 1 N–H and O–H groups in total. The first-order chi connectivity index (χ1) is 6.84. The van der Waals surface area contributed by atoms with Gasteiger partial charge < -0.3 is 9.88 Å². The summed E-state index contributed by atoms with van der Waals surface area (Å²) in [6, 6.07) is 0. The molecule has 0 atom stereocenters. The summed E-state index contributed by atoms with van der Waals surface area (Å²) in [4.78, 5) is 8.03. The smallest absolute Gasteiger partial charge is 0.184 e. The van der Waals surface area contributed by atoms with Crippen molar-refractivity contribution in [3.63, 3.8) is 0 Å². The van der Waals surface area contributed by atoms with Crippen molar-refractivity contribution in [2.75, 3.05) is 11.9 Å². The molecule has 0 saturated carbocycles. The zero-order chi connectivity index (χ0) is 9.80. The highest BCUT2D eigenvalue weighted by Gasteiger charge is 1.97. The summed E-state index contributed by atoms with van der Waals surface area (Å²) in [5.41, 5.74) is 0. The number of anilines is 1. The lowest BCUT2D eigenvalue weighted by atomic mass is 10.6. The van der Waals surface area contributed by atoms with Crippen molar-refractivity contribution in [3.8, 4) is 0 Å². The third kappa shape index (κ3) is 2.46. The van der Waals surface area contributed by atoms with E-state index in [2.05, 4.69) is 15.3 Å². The molecule has 0 amide bonds. The quantitative estimate of drug-likeness (QED) is 0.872. The highest BCUT2D eigenvalue weighted by atomic mass is 35.5. The molecule has 0 aliphatic heterocycles. The van der Waals surface area contributed by atoms with E-state index in [-0.39, 0.29) is 0 Å². The van der Waals surface area contributed by atoms with Gasteiger partial charge in [-0.15, -0.1) is 11.3 Å². The van der Waals surface area contributed by atoms with Gasteiger partial charge in [0.1, 0.15) is 5.15 Å². The van der Waals surface area contributed by atoms with Crippen molar-refractivity contribution < 1.29 is 0 Å². The minimum absolute atomic E-state index is 0.542. The molecule has 0 spiro atoms. The molecule has 0 fully saturated rings. The van der Waals surface area contributed by atoms with Crippen LogP contribution in [0.2, 0.25) is 5.15 Å². The van der Waals surface area contributed by atoms with Gasteiger partial charge in [0.15, 0.2) is 5.13 Å². The third-order valence-electron chi connectivity index (χ3n) is 1.68. The number of halogens is 1. The summed E-state index contributed by atoms with van der Waals surface area (Å²) in [5, 5.41) is 6.38. The number of nitrogens with zero attached hydrogens (tertiary/aromatic N) is 3. The Balaban J connectivity index is 1.78. The van der Waals surface area contributed by atoms with Gasteiger partial charge in [-0.05, 0) is 0 Å². The fourth-order valence-electron chi connectivity index (χ4n) is 1.05. The van der Waals surface area contributed by atoms with Gasteiger partial charge in [0.05, 0.1) is 6.33 Å². The summed E-state index contributed by atoms with van der Waals surface area (Å²) in [7, 11) is 0. The van der Waals surface area contributed by atoms with Gasteiger partial charge in [-0.25, -0.2) is 9.97 Å². The van der Waals surface area contributed by atoms with Crippen LogP contribution in [0.1, 0.15) is 0 Å². The van der Waals surface area contributed by atoms with Gasteiger partial charge >= 0.3 is 0 Å². The fourth-order valence-corrected chi connectivity index (χ4v) is 1.91. The molecule has 74 valence electrons. The largest absolute Gasteiger partial charge is 0.360 e. The van der Waals surface area contributed by atoms with Crippen LogP contribution in [0.15, 0.2) is 24.1 Å². The van der Waals surface area contributed by atoms with Gasteiger partial charge in [0.2, 0.25) is 0 Å². The molecule has 6 heteroatoms. The van der Waals surface area contributed by atoms with Gasteiger partial charge in [-0.2, -0.15) is 0 Å². The molecule has 0 unspecified atom stereocenters. The van der Waals surface area contributed by atoms with Crippen LogP contribution in [-0.2, 0) is 6.54 Å². The topological polar surface area (TPSA) is 42.7 Å². The molecule has 2 aromatic rings. The zero-order valence-corrected chi connectivity index (χ0v) is 8.92. The standard InChI is InChI=1S/C8H9ClN4S/c9-7-5-14-8(12-7)11-2-4-13-3-1-10-6-13/h1,3,5-6H,2,4H2,(H,11,12). The lowest BCUT2D eigenvalue weighted by Crippen LogP contribution is -2.08. The van der Waals surface area contributed by atoms with Crippen molar-refractivity contribution in [1.82, 2.24) is 14.5 Å². The summed E-state index contributed by atoms with van der Waals surface area (Å²) in [6.07, 6.45) is 5.48. The Bertz CT molecular complexity index is 384. The number of aromatic nitrogens is 3. The predicted octanol–water partition coefficient (Wildman–Crippen LogP) is 2.11. The molecule has 0 aliphatic carbocycles. The molecule has 4 nitrogen and oxygen atoms in total. The minimum atomic E-state index is 0.542. The van der Waals surface area contributed by atoms with Crippen LogP contribution in [-0.4, -0.2) is 21.1 Å². The average Bonchev–Trinajstić information content (AvgIpc) is 2.77. The first-order valence-electron chi connectivity index (χ1n) is 4.15. The first kappa shape index (κ1) is 9.48. The van der Waals surface area contributed by atoms with E-state index >= 15 is 0 Å². The van der Waals surface area contributed by atoms with Crippen LogP contribution >= 0.6 is 22.9 Å². The van der Waals surface area contributed by atoms with Crippen LogP contribution in [0.25, 0.3) is 0 Å². The van der Waals surface area contributed by atoms with E-state index in [4.69, 9.17) is 11.6 Å². The van der Waals surface area contributed by atoms with Crippen LogP contribution in [0.5, 0.6) is 0 Å². The highest BCUT2D eigenvalue weighted by Crippen LogP contribution is 2.18. The number of hydrogen-bond donors (Lipinski definition) is 1. The van der Waals surface area contributed by atoms with Gasteiger partial charge in [-0.3, -0.25) is 0 Å². The minimum Gasteiger partial charge on any atom is -0.360 e. The first-order valence-corrected chi connectivity index (χ1v) is 5.41. The average molecular weight is 229 g/mol. The molecular weight excluding hydrogens is 220 g/mol. The number of rotatable bonds is 4. The maximum absolute atomic E-state index is 5.68. The molecule has 2 rings (SSSR count). The number of hydrogen-bond acceptors (Lipinski definition) is 4. The van der Waals surface area contributed by atoms with Crippen LogP contribution in [0.3, 0.4) is 0 Å². The SMILES string of the molecule is Clc1csc(NCCn2ccnc2)n1. The maximum atomic E-state index is 5.68. The second kappa shape index (κ2) is 4.43. The monoisotopic (exact) mass is 228 g/mol. The number of imidazole rings is 1. The Kier molecular flexibility index (Phi) is 3.00. The Morgan fingerprint density at radius 2 is 2.50 bits per heavy atom. The van der Waals surface area contributed by atoms with Crippen LogP contribution in [0, 0.1) is 0 Å². The zero-order valence-electron chi connectivity index (χ0n) is 7.35. The molecule has 2 heterocycles. The second-order valence-electron chi connectivity index (χ2n) is 2.70.